The minimum Gasteiger partial charge on any atom is -0.497 e. The van der Waals surface area contributed by atoms with E-state index in [-0.39, 0.29) is 16.7 Å². The molecule has 0 aromatic heterocycles. The molecule has 0 saturated carbocycles. The maximum absolute atomic E-state index is 12.2. The summed E-state index contributed by atoms with van der Waals surface area (Å²) in [6, 6.07) is 12.7. The molecule has 0 amide bonds. The van der Waals surface area contributed by atoms with Crippen LogP contribution in [-0.2, 0) is 10.0 Å². The van der Waals surface area contributed by atoms with Crippen molar-refractivity contribution in [1.82, 2.24) is 4.90 Å². The first kappa shape index (κ1) is 23.2. The lowest BCUT2D eigenvalue weighted by molar-refractivity contribution is 0.0988. The molecule has 1 aliphatic heterocycles. The van der Waals surface area contributed by atoms with E-state index in [9.17, 15) is 13.2 Å². The van der Waals surface area contributed by atoms with E-state index in [0.29, 0.717) is 24.2 Å². The van der Waals surface area contributed by atoms with Crippen LogP contribution in [0.5, 0.6) is 5.75 Å². The Morgan fingerprint density at radius 3 is 2.39 bits per heavy atom. The van der Waals surface area contributed by atoms with E-state index >= 15 is 0 Å². The molecule has 1 aliphatic rings. The molecule has 0 spiro atoms. The molecule has 0 aliphatic carbocycles. The number of benzene rings is 2. The fourth-order valence-corrected chi connectivity index (χ4v) is 4.74. The van der Waals surface area contributed by atoms with Crippen molar-refractivity contribution in [2.45, 2.75) is 43.5 Å². The molecule has 3 rings (SSSR count). The van der Waals surface area contributed by atoms with Crippen LogP contribution < -0.4 is 15.2 Å². The number of carbonyl (C=O) groups is 1. The molecule has 3 N–H and O–H groups in total. The van der Waals surface area contributed by atoms with Crippen LogP contribution in [0.4, 0.5) is 5.69 Å². The van der Waals surface area contributed by atoms with Gasteiger partial charge in [-0.15, -0.1) is 0 Å². The van der Waals surface area contributed by atoms with E-state index in [2.05, 4.69) is 10.2 Å². The van der Waals surface area contributed by atoms with E-state index in [1.165, 1.54) is 12.5 Å². The summed E-state index contributed by atoms with van der Waals surface area (Å²) in [4.78, 5) is 14.4. The second kappa shape index (κ2) is 10.3. The normalized spacial score (nSPS) is 16.0. The van der Waals surface area contributed by atoms with Gasteiger partial charge in [0.25, 0.3) is 0 Å². The van der Waals surface area contributed by atoms with Crippen LogP contribution in [0, 0.1) is 0 Å². The average molecular weight is 446 g/mol. The van der Waals surface area contributed by atoms with Crippen LogP contribution >= 0.6 is 0 Å². The number of methoxy groups -OCH3 is 1. The topological polar surface area (TPSA) is 102 Å². The predicted molar refractivity (Wildman–Crippen MR) is 122 cm³/mol. The highest BCUT2D eigenvalue weighted by molar-refractivity contribution is 7.89. The van der Waals surface area contributed by atoms with E-state index < -0.39 is 10.0 Å². The summed E-state index contributed by atoms with van der Waals surface area (Å²) in [5, 5.41) is 8.74. The Kier molecular flexibility index (Phi) is 7.69. The van der Waals surface area contributed by atoms with E-state index in [1.807, 2.05) is 24.3 Å². The zero-order chi connectivity index (χ0) is 22.4. The van der Waals surface area contributed by atoms with E-state index in [4.69, 9.17) is 9.88 Å². The zero-order valence-electron chi connectivity index (χ0n) is 18.1. The van der Waals surface area contributed by atoms with Gasteiger partial charge in [0.2, 0.25) is 10.0 Å². The highest BCUT2D eigenvalue weighted by atomic mass is 32.2. The van der Waals surface area contributed by atoms with Crippen molar-refractivity contribution in [2.24, 2.45) is 5.14 Å². The first-order valence-corrected chi connectivity index (χ1v) is 12.2. The summed E-state index contributed by atoms with van der Waals surface area (Å²) in [5.41, 5.74) is 1.88. The van der Waals surface area contributed by atoms with Crippen LogP contribution in [0.1, 0.15) is 54.6 Å². The SMILES string of the molecule is CCC(=O)c1ccc(NCC(c2ccc(OC)cc2)N2CCCCC2)c(S(N)(=O)=O)c1. The van der Waals surface area contributed by atoms with Crippen molar-refractivity contribution in [3.05, 3.63) is 53.6 Å². The minimum absolute atomic E-state index is 0.0566. The van der Waals surface area contributed by atoms with Gasteiger partial charge in [0.15, 0.2) is 5.78 Å². The smallest absolute Gasteiger partial charge is 0.240 e. The van der Waals surface area contributed by atoms with Gasteiger partial charge >= 0.3 is 0 Å². The van der Waals surface area contributed by atoms with E-state index in [0.717, 1.165) is 37.2 Å². The van der Waals surface area contributed by atoms with E-state index in [1.54, 1.807) is 26.2 Å². The lowest BCUT2D eigenvalue weighted by Gasteiger charge is -2.35. The van der Waals surface area contributed by atoms with Crippen molar-refractivity contribution >= 4 is 21.5 Å². The number of carbonyl (C=O) groups excluding carboxylic acids is 1. The maximum atomic E-state index is 12.2. The molecule has 1 fully saturated rings. The molecule has 2 aromatic carbocycles. The molecule has 7 nitrogen and oxygen atoms in total. The Hall–Kier alpha value is -2.42. The Morgan fingerprint density at radius 1 is 1.13 bits per heavy atom. The third-order valence-corrected chi connectivity index (χ3v) is 6.70. The van der Waals surface area contributed by atoms with Gasteiger partial charge < -0.3 is 10.1 Å². The molecule has 1 atom stereocenters. The molecule has 31 heavy (non-hydrogen) atoms. The van der Waals surface area contributed by atoms with Gasteiger partial charge in [-0.05, 0) is 61.8 Å². The second-order valence-corrected chi connectivity index (χ2v) is 9.33. The lowest BCUT2D eigenvalue weighted by Crippen LogP contribution is -2.37. The number of hydrogen-bond acceptors (Lipinski definition) is 6. The molecule has 0 bridgehead atoms. The summed E-state index contributed by atoms with van der Waals surface area (Å²) in [6.45, 7) is 4.23. The van der Waals surface area contributed by atoms with Crippen LogP contribution in [0.15, 0.2) is 47.4 Å². The third kappa shape index (κ3) is 5.84. The quantitative estimate of drug-likeness (QED) is 0.572. The Morgan fingerprint density at radius 2 is 1.81 bits per heavy atom. The number of ether oxygens (including phenoxy) is 1. The summed E-state index contributed by atoms with van der Waals surface area (Å²) < 4.78 is 29.7. The number of nitrogens with one attached hydrogen (secondary N) is 1. The number of Topliss-reactive ketones (excluding diaryl/α,β-unsaturated/α-hetero) is 1. The summed E-state index contributed by atoms with van der Waals surface area (Å²) in [6.07, 6.45) is 3.80. The number of ketones is 1. The lowest BCUT2D eigenvalue weighted by atomic mass is 10.0. The zero-order valence-corrected chi connectivity index (χ0v) is 19.0. The standard InChI is InChI=1S/C23H31N3O4S/c1-3-22(27)18-9-12-20(23(15-18)31(24,28)29)25-16-21(26-13-5-4-6-14-26)17-7-10-19(30-2)11-8-17/h7-12,15,21,25H,3-6,13-14,16H2,1-2H3,(H2,24,28,29). The number of piperidine rings is 1. The highest BCUT2D eigenvalue weighted by Crippen LogP contribution is 2.29. The van der Waals surface area contributed by atoms with Gasteiger partial charge in [-0.1, -0.05) is 25.5 Å². The van der Waals surface area contributed by atoms with Crippen molar-refractivity contribution in [1.29, 1.82) is 0 Å². The highest BCUT2D eigenvalue weighted by Gasteiger charge is 2.24. The minimum atomic E-state index is -3.99. The number of anilines is 1. The number of nitrogens with zero attached hydrogens (tertiary/aromatic N) is 1. The Labute approximate surface area is 184 Å². The number of primary sulfonamides is 1. The molecule has 168 valence electrons. The van der Waals surface area contributed by atoms with Gasteiger partial charge in [0.05, 0.1) is 18.8 Å². The predicted octanol–water partition coefficient (Wildman–Crippen LogP) is 3.57. The van der Waals surface area contributed by atoms with Crippen molar-refractivity contribution in [3.8, 4) is 5.75 Å². The van der Waals surface area contributed by atoms with Crippen molar-refractivity contribution in [3.63, 3.8) is 0 Å². The molecule has 1 unspecified atom stereocenters. The molecule has 8 heteroatoms. The number of hydrogen-bond donors (Lipinski definition) is 2. The van der Waals surface area contributed by atoms with Gasteiger partial charge in [-0.2, -0.15) is 0 Å². The second-order valence-electron chi connectivity index (χ2n) is 7.80. The fourth-order valence-electron chi connectivity index (χ4n) is 4.00. The van der Waals surface area contributed by atoms with Crippen molar-refractivity contribution < 1.29 is 17.9 Å². The monoisotopic (exact) mass is 445 g/mol. The maximum Gasteiger partial charge on any atom is 0.240 e. The number of nitrogens with two attached hydrogens (primary N) is 1. The van der Waals surface area contributed by atoms with Crippen LogP contribution in [0.3, 0.4) is 0 Å². The van der Waals surface area contributed by atoms with Crippen LogP contribution in [-0.4, -0.2) is 45.8 Å². The van der Waals surface area contributed by atoms with Crippen LogP contribution in [0.2, 0.25) is 0 Å². The van der Waals surface area contributed by atoms with Gasteiger partial charge in [-0.3, -0.25) is 9.69 Å². The van der Waals surface area contributed by atoms with Gasteiger partial charge in [-0.25, -0.2) is 13.6 Å². The van der Waals surface area contributed by atoms with Crippen LogP contribution in [0.25, 0.3) is 0 Å². The molecular weight excluding hydrogens is 414 g/mol. The molecule has 1 saturated heterocycles. The average Bonchev–Trinajstić information content (AvgIpc) is 2.79. The van der Waals surface area contributed by atoms with Gasteiger partial charge in [0, 0.05) is 18.5 Å². The number of rotatable bonds is 9. The third-order valence-electron chi connectivity index (χ3n) is 5.75. The molecular formula is C23H31N3O4S. The summed E-state index contributed by atoms with van der Waals surface area (Å²) in [7, 11) is -2.35. The Balaban J connectivity index is 1.88. The van der Waals surface area contributed by atoms with Gasteiger partial charge in [0.1, 0.15) is 10.6 Å². The molecule has 0 radical (unpaired) electrons. The summed E-state index contributed by atoms with van der Waals surface area (Å²) in [5.74, 6) is 0.669. The molecule has 1 heterocycles. The largest absolute Gasteiger partial charge is 0.497 e. The number of sulfonamides is 1. The first-order valence-electron chi connectivity index (χ1n) is 10.7. The fraction of sp³-hybridized carbons (Fsp3) is 0.435. The molecule has 2 aromatic rings. The Bertz CT molecular complexity index is 1000. The first-order chi connectivity index (χ1) is 14.8. The number of likely N-dealkylation sites (tertiary alicyclic amines) is 1. The summed E-state index contributed by atoms with van der Waals surface area (Å²) >= 11 is 0. The van der Waals surface area contributed by atoms with Crippen molar-refractivity contribution in [2.75, 3.05) is 32.1 Å².